The topological polar surface area (TPSA) is 75.6 Å². The van der Waals surface area contributed by atoms with Gasteiger partial charge in [0.2, 0.25) is 10.0 Å². The lowest BCUT2D eigenvalue weighted by atomic mass is 10.2. The van der Waals surface area contributed by atoms with Crippen LogP contribution in [-0.4, -0.2) is 38.6 Å². The predicted molar refractivity (Wildman–Crippen MR) is 82.5 cm³/mol. The molecule has 2 heterocycles. The zero-order valence-electron chi connectivity index (χ0n) is 11.7. The molecule has 0 spiro atoms. The molecular formula is C14H19NO4S2. The Labute approximate surface area is 129 Å². The monoisotopic (exact) mass is 329 g/mol. The summed E-state index contributed by atoms with van der Waals surface area (Å²) in [6, 6.07) is 1.88. The predicted octanol–water partition coefficient (Wildman–Crippen LogP) is 1.08. The molecule has 0 saturated carbocycles. The van der Waals surface area contributed by atoms with Gasteiger partial charge in [0.05, 0.1) is 11.9 Å². The molecule has 0 aliphatic carbocycles. The second kappa shape index (κ2) is 7.92. The highest BCUT2D eigenvalue weighted by Crippen LogP contribution is 2.17. The molecule has 1 fully saturated rings. The number of aliphatic hydroxyl groups excluding tert-OH is 1. The fourth-order valence-corrected chi connectivity index (χ4v) is 4.29. The van der Waals surface area contributed by atoms with Crippen molar-refractivity contribution in [2.24, 2.45) is 0 Å². The third kappa shape index (κ3) is 5.09. The maximum absolute atomic E-state index is 12.2. The number of aliphatic hydroxyl groups is 1. The molecule has 21 heavy (non-hydrogen) atoms. The lowest BCUT2D eigenvalue weighted by molar-refractivity contribution is 0.0981. The molecule has 0 amide bonds. The zero-order chi connectivity index (χ0) is 15.1. The zero-order valence-corrected chi connectivity index (χ0v) is 13.3. The van der Waals surface area contributed by atoms with Crippen molar-refractivity contribution in [1.82, 2.24) is 4.72 Å². The Hall–Kier alpha value is -0.910. The van der Waals surface area contributed by atoms with Crippen molar-refractivity contribution in [3.63, 3.8) is 0 Å². The van der Waals surface area contributed by atoms with Crippen molar-refractivity contribution in [3.8, 4) is 11.8 Å². The average Bonchev–Trinajstić information content (AvgIpc) is 2.95. The molecule has 2 rings (SSSR count). The Kier molecular flexibility index (Phi) is 6.21. The van der Waals surface area contributed by atoms with Crippen LogP contribution in [0, 0.1) is 11.8 Å². The average molecular weight is 329 g/mol. The third-order valence-electron chi connectivity index (χ3n) is 3.18. The highest BCUT2D eigenvalue weighted by molar-refractivity contribution is 7.90. The van der Waals surface area contributed by atoms with Crippen molar-refractivity contribution in [1.29, 1.82) is 0 Å². The fourth-order valence-electron chi connectivity index (χ4n) is 2.04. The molecule has 5 nitrogen and oxygen atoms in total. The Morgan fingerprint density at radius 2 is 2.19 bits per heavy atom. The van der Waals surface area contributed by atoms with Crippen molar-refractivity contribution in [2.75, 3.05) is 19.8 Å². The first-order valence-electron chi connectivity index (χ1n) is 6.85. The molecule has 1 aromatic rings. The van der Waals surface area contributed by atoms with Crippen molar-refractivity contribution >= 4 is 21.4 Å². The van der Waals surface area contributed by atoms with Crippen LogP contribution in [0.1, 0.15) is 29.7 Å². The van der Waals surface area contributed by atoms with Crippen LogP contribution in [0.2, 0.25) is 0 Å². The van der Waals surface area contributed by atoms with Gasteiger partial charge >= 0.3 is 0 Å². The molecule has 0 atom stereocenters. The van der Waals surface area contributed by atoms with E-state index in [1.54, 1.807) is 0 Å². The second-order valence-electron chi connectivity index (χ2n) is 4.75. The van der Waals surface area contributed by atoms with Crippen molar-refractivity contribution in [2.45, 2.75) is 31.1 Å². The van der Waals surface area contributed by atoms with E-state index in [0.717, 1.165) is 10.4 Å². The van der Waals surface area contributed by atoms with E-state index in [0.29, 0.717) is 39.0 Å². The Bertz CT molecular complexity index is 606. The second-order valence-corrected chi connectivity index (χ2v) is 7.80. The van der Waals surface area contributed by atoms with Crippen molar-refractivity contribution in [3.05, 3.63) is 21.9 Å². The smallest absolute Gasteiger partial charge is 0.214 e. The van der Waals surface area contributed by atoms with Gasteiger partial charge in [-0.05, 0) is 18.9 Å². The van der Waals surface area contributed by atoms with Gasteiger partial charge in [0.1, 0.15) is 0 Å². The highest BCUT2D eigenvalue weighted by atomic mass is 32.2. The summed E-state index contributed by atoms with van der Waals surface area (Å²) in [6.45, 7) is 1.37. The molecule has 116 valence electrons. The maximum Gasteiger partial charge on any atom is 0.214 e. The standard InChI is InChI=1S/C14H19NO4S2/c16-6-2-1-3-12-9-13(20-11-12)10-15-21(17,18)14-4-7-19-8-5-14/h9,11,14-16H,2,4-8,10H2. The molecule has 0 unspecified atom stereocenters. The molecule has 0 bridgehead atoms. The molecule has 1 aromatic heterocycles. The van der Waals surface area contributed by atoms with E-state index in [4.69, 9.17) is 9.84 Å². The van der Waals surface area contributed by atoms with E-state index in [1.165, 1.54) is 11.3 Å². The lowest BCUT2D eigenvalue weighted by Gasteiger charge is -2.22. The Morgan fingerprint density at radius 3 is 2.90 bits per heavy atom. The lowest BCUT2D eigenvalue weighted by Crippen LogP contribution is -2.37. The minimum Gasteiger partial charge on any atom is -0.395 e. The molecule has 1 aliphatic heterocycles. The molecule has 0 aromatic carbocycles. The van der Waals surface area contributed by atoms with Gasteiger partial charge in [0.15, 0.2) is 0 Å². The maximum atomic E-state index is 12.2. The third-order valence-corrected chi connectivity index (χ3v) is 6.01. The van der Waals surface area contributed by atoms with Gasteiger partial charge in [-0.15, -0.1) is 11.3 Å². The molecular weight excluding hydrogens is 310 g/mol. The number of ether oxygens (including phenoxy) is 1. The summed E-state index contributed by atoms with van der Waals surface area (Å²) in [6.07, 6.45) is 1.55. The molecule has 0 radical (unpaired) electrons. The summed E-state index contributed by atoms with van der Waals surface area (Å²) in [5.41, 5.74) is 0.855. The Morgan fingerprint density at radius 1 is 1.43 bits per heavy atom. The van der Waals surface area contributed by atoms with E-state index in [9.17, 15) is 8.42 Å². The molecule has 1 aliphatic rings. The largest absolute Gasteiger partial charge is 0.395 e. The summed E-state index contributed by atoms with van der Waals surface area (Å²) < 4.78 is 32.2. The van der Waals surface area contributed by atoms with E-state index in [1.807, 2.05) is 11.4 Å². The number of nitrogens with one attached hydrogen (secondary N) is 1. The van der Waals surface area contributed by atoms with E-state index < -0.39 is 10.0 Å². The van der Waals surface area contributed by atoms with Crippen molar-refractivity contribution < 1.29 is 18.3 Å². The number of rotatable bonds is 5. The Balaban J connectivity index is 1.89. The van der Waals surface area contributed by atoms with Gasteiger partial charge in [-0.3, -0.25) is 0 Å². The van der Waals surface area contributed by atoms with Gasteiger partial charge in [-0.1, -0.05) is 11.8 Å². The molecule has 7 heteroatoms. The van der Waals surface area contributed by atoms with Crippen LogP contribution in [0.4, 0.5) is 0 Å². The normalized spacial score (nSPS) is 16.4. The van der Waals surface area contributed by atoms with Crippen LogP contribution in [0.25, 0.3) is 0 Å². The first-order chi connectivity index (χ1) is 10.1. The van der Waals surface area contributed by atoms with Gasteiger partial charge in [0, 0.05) is 42.0 Å². The fraction of sp³-hybridized carbons (Fsp3) is 0.571. The number of hydrogen-bond donors (Lipinski definition) is 2. The summed E-state index contributed by atoms with van der Waals surface area (Å²) in [5.74, 6) is 5.78. The van der Waals surface area contributed by atoms with E-state index in [2.05, 4.69) is 16.6 Å². The van der Waals surface area contributed by atoms with Gasteiger partial charge in [0.25, 0.3) is 0 Å². The van der Waals surface area contributed by atoms with Crippen LogP contribution in [0.15, 0.2) is 11.4 Å². The van der Waals surface area contributed by atoms with Crippen LogP contribution in [0.5, 0.6) is 0 Å². The van der Waals surface area contributed by atoms with Gasteiger partial charge in [-0.25, -0.2) is 13.1 Å². The number of thiophene rings is 1. The number of sulfonamides is 1. The summed E-state index contributed by atoms with van der Waals surface area (Å²) in [4.78, 5) is 0.930. The molecule has 1 saturated heterocycles. The van der Waals surface area contributed by atoms with Gasteiger partial charge in [-0.2, -0.15) is 0 Å². The first kappa shape index (κ1) is 16.5. The summed E-state index contributed by atoms with van der Waals surface area (Å²) in [5, 5.41) is 10.2. The summed E-state index contributed by atoms with van der Waals surface area (Å²) >= 11 is 1.48. The SMILES string of the molecule is O=S(=O)(NCc1cc(C#CCCO)cs1)C1CCOCC1. The quantitative estimate of drug-likeness (QED) is 0.793. The highest BCUT2D eigenvalue weighted by Gasteiger charge is 2.27. The van der Waals surface area contributed by atoms with Crippen LogP contribution in [-0.2, 0) is 21.3 Å². The van der Waals surface area contributed by atoms with Gasteiger partial charge < -0.3 is 9.84 Å². The minimum absolute atomic E-state index is 0.0505. The van der Waals surface area contributed by atoms with Crippen LogP contribution < -0.4 is 4.72 Å². The van der Waals surface area contributed by atoms with Crippen LogP contribution in [0.3, 0.4) is 0 Å². The summed E-state index contributed by atoms with van der Waals surface area (Å²) in [7, 11) is -3.29. The van der Waals surface area contributed by atoms with E-state index in [-0.39, 0.29) is 11.9 Å². The number of hydrogen-bond acceptors (Lipinski definition) is 5. The molecule has 2 N–H and O–H groups in total. The minimum atomic E-state index is -3.29. The van der Waals surface area contributed by atoms with E-state index >= 15 is 0 Å². The van der Waals surface area contributed by atoms with Crippen LogP contribution >= 0.6 is 11.3 Å². The first-order valence-corrected chi connectivity index (χ1v) is 9.28.